The molecule has 168 valence electrons. The van der Waals surface area contributed by atoms with Crippen LogP contribution in [0.25, 0.3) is 0 Å². The molecule has 2 N–H and O–H groups in total. The summed E-state index contributed by atoms with van der Waals surface area (Å²) in [6.45, 7) is 2.25. The Bertz CT molecular complexity index is 1180. The zero-order valence-corrected chi connectivity index (χ0v) is 18.6. The lowest BCUT2D eigenvalue weighted by Gasteiger charge is -2.49. The third-order valence-corrected chi connectivity index (χ3v) is 6.80. The number of carbonyl (C=O) groups excluding carboxylic acids is 2. The number of nitrogens with zero attached hydrogens (tertiary/aromatic N) is 2. The normalized spacial score (nSPS) is 23.8. The number of hydrogen-bond donors (Lipinski definition) is 2. The average Bonchev–Trinajstić information content (AvgIpc) is 3.04. The zero-order chi connectivity index (χ0) is 23.1. The van der Waals surface area contributed by atoms with Gasteiger partial charge >= 0.3 is 6.03 Å². The number of benzene rings is 3. The van der Waals surface area contributed by atoms with E-state index in [9.17, 15) is 14.7 Å². The van der Waals surface area contributed by atoms with Gasteiger partial charge in [-0.3, -0.25) is 9.69 Å². The highest BCUT2D eigenvalue weighted by molar-refractivity contribution is 6.12. The van der Waals surface area contributed by atoms with Gasteiger partial charge in [-0.15, -0.1) is 0 Å². The maximum absolute atomic E-state index is 14.1. The molecular weight excluding hydrogens is 414 g/mol. The van der Waals surface area contributed by atoms with E-state index in [1.54, 1.807) is 29.2 Å². The summed E-state index contributed by atoms with van der Waals surface area (Å²) in [6.07, 6.45) is 1.84. The molecule has 0 aliphatic carbocycles. The van der Waals surface area contributed by atoms with Crippen molar-refractivity contribution in [2.75, 3.05) is 10.2 Å². The highest BCUT2D eigenvalue weighted by Crippen LogP contribution is 2.56. The van der Waals surface area contributed by atoms with Gasteiger partial charge in [0, 0.05) is 23.5 Å². The van der Waals surface area contributed by atoms with E-state index >= 15 is 0 Å². The lowest BCUT2D eigenvalue weighted by atomic mass is 9.73. The van der Waals surface area contributed by atoms with Gasteiger partial charge in [-0.05, 0) is 30.2 Å². The summed E-state index contributed by atoms with van der Waals surface area (Å²) in [6, 6.07) is 25.5. The van der Waals surface area contributed by atoms with Crippen molar-refractivity contribution in [3.63, 3.8) is 0 Å². The van der Waals surface area contributed by atoms with Crippen LogP contribution in [-0.4, -0.2) is 27.5 Å². The summed E-state index contributed by atoms with van der Waals surface area (Å²) < 4.78 is 0. The number of rotatable bonds is 6. The Morgan fingerprint density at radius 1 is 0.879 bits per heavy atom. The fraction of sp³-hybridized carbons (Fsp3) is 0.259. The van der Waals surface area contributed by atoms with E-state index in [2.05, 4.69) is 5.32 Å². The molecule has 0 saturated carbocycles. The molecule has 6 nitrogen and oxygen atoms in total. The molecule has 2 aliphatic rings. The SMILES string of the molecule is CCCC[C@@]12C(=O)Nc3ccccc3[C@]1(O)N(c1ccccc1)C(=O)N2Cc1ccccc1. The van der Waals surface area contributed by atoms with Crippen molar-refractivity contribution >= 4 is 23.3 Å². The Labute approximate surface area is 193 Å². The molecule has 1 fully saturated rings. The first-order valence-electron chi connectivity index (χ1n) is 11.4. The van der Waals surface area contributed by atoms with Crippen LogP contribution in [0.3, 0.4) is 0 Å². The molecule has 0 radical (unpaired) electrons. The predicted octanol–water partition coefficient (Wildman–Crippen LogP) is 4.86. The Hall–Kier alpha value is -3.64. The first kappa shape index (κ1) is 21.2. The molecule has 33 heavy (non-hydrogen) atoms. The van der Waals surface area contributed by atoms with E-state index in [1.807, 2.05) is 67.6 Å². The van der Waals surface area contributed by atoms with Crippen LogP contribution in [0.2, 0.25) is 0 Å². The summed E-state index contributed by atoms with van der Waals surface area (Å²) in [5.74, 6) is -0.361. The summed E-state index contributed by atoms with van der Waals surface area (Å²) in [5, 5.41) is 15.6. The van der Waals surface area contributed by atoms with Crippen LogP contribution in [0.15, 0.2) is 84.9 Å². The van der Waals surface area contributed by atoms with Gasteiger partial charge in [-0.25, -0.2) is 4.79 Å². The second-order valence-electron chi connectivity index (χ2n) is 8.66. The van der Waals surface area contributed by atoms with Crippen LogP contribution in [0.1, 0.15) is 37.3 Å². The quantitative estimate of drug-likeness (QED) is 0.574. The standard InChI is InChI=1S/C27H27N3O3/c1-2-3-18-26-24(31)28-23-17-11-10-16-22(23)27(26,33)30(21-14-8-5-9-15-21)25(32)29(26)19-20-12-6-4-7-13-20/h4-17,33H,2-3,18-19H2,1H3,(H,28,31)/t26-,27-/m1/s1. The van der Waals surface area contributed by atoms with E-state index in [1.165, 1.54) is 4.90 Å². The number of anilines is 2. The summed E-state index contributed by atoms with van der Waals surface area (Å²) in [4.78, 5) is 31.0. The molecule has 2 atom stereocenters. The van der Waals surface area contributed by atoms with Gasteiger partial charge in [0.15, 0.2) is 5.54 Å². The average molecular weight is 442 g/mol. The van der Waals surface area contributed by atoms with Crippen LogP contribution in [0.5, 0.6) is 0 Å². The minimum Gasteiger partial charge on any atom is -0.364 e. The van der Waals surface area contributed by atoms with Crippen molar-refractivity contribution in [1.82, 2.24) is 4.90 Å². The third-order valence-electron chi connectivity index (χ3n) is 6.80. The van der Waals surface area contributed by atoms with Crippen LogP contribution < -0.4 is 10.2 Å². The van der Waals surface area contributed by atoms with Gasteiger partial charge < -0.3 is 15.3 Å². The number of para-hydroxylation sites is 2. The molecule has 3 amide bonds. The van der Waals surface area contributed by atoms with Crippen molar-refractivity contribution in [2.45, 2.75) is 44.0 Å². The van der Waals surface area contributed by atoms with Crippen molar-refractivity contribution in [3.05, 3.63) is 96.1 Å². The van der Waals surface area contributed by atoms with Crippen molar-refractivity contribution < 1.29 is 14.7 Å². The highest BCUT2D eigenvalue weighted by atomic mass is 16.3. The largest absolute Gasteiger partial charge is 0.364 e. The highest BCUT2D eigenvalue weighted by Gasteiger charge is 2.73. The van der Waals surface area contributed by atoms with Gasteiger partial charge in [0.1, 0.15) is 0 Å². The Morgan fingerprint density at radius 2 is 1.52 bits per heavy atom. The second kappa shape index (κ2) is 8.05. The maximum atomic E-state index is 14.1. The van der Waals surface area contributed by atoms with Gasteiger partial charge in [-0.2, -0.15) is 0 Å². The maximum Gasteiger partial charge on any atom is 0.328 e. The molecule has 3 aromatic carbocycles. The number of urea groups is 1. The molecule has 0 spiro atoms. The van der Waals surface area contributed by atoms with Gasteiger partial charge in [0.05, 0.1) is 0 Å². The minimum atomic E-state index is -1.87. The first-order chi connectivity index (χ1) is 16.0. The second-order valence-corrected chi connectivity index (χ2v) is 8.66. The number of amides is 3. The van der Waals surface area contributed by atoms with E-state index < -0.39 is 17.3 Å². The molecule has 0 unspecified atom stereocenters. The molecule has 2 heterocycles. The molecule has 0 aromatic heterocycles. The summed E-state index contributed by atoms with van der Waals surface area (Å²) >= 11 is 0. The number of hydrogen-bond acceptors (Lipinski definition) is 3. The number of carbonyl (C=O) groups is 2. The summed E-state index contributed by atoms with van der Waals surface area (Å²) in [7, 11) is 0. The van der Waals surface area contributed by atoms with E-state index in [-0.39, 0.29) is 12.5 Å². The fourth-order valence-corrected chi connectivity index (χ4v) is 5.24. The van der Waals surface area contributed by atoms with Crippen molar-refractivity contribution in [1.29, 1.82) is 0 Å². The number of fused-ring (bicyclic) bond motifs is 3. The Morgan fingerprint density at radius 3 is 2.21 bits per heavy atom. The number of unbranched alkanes of at least 4 members (excludes halogenated alkanes) is 1. The van der Waals surface area contributed by atoms with Crippen LogP contribution in [0.4, 0.5) is 16.2 Å². The van der Waals surface area contributed by atoms with E-state index in [0.29, 0.717) is 29.8 Å². The smallest absolute Gasteiger partial charge is 0.328 e. The topological polar surface area (TPSA) is 72.9 Å². The Balaban J connectivity index is 1.78. The lowest BCUT2D eigenvalue weighted by Crippen LogP contribution is -2.68. The van der Waals surface area contributed by atoms with Crippen LogP contribution in [-0.2, 0) is 17.1 Å². The lowest BCUT2D eigenvalue weighted by molar-refractivity contribution is -0.145. The fourth-order valence-electron chi connectivity index (χ4n) is 5.24. The van der Waals surface area contributed by atoms with Crippen molar-refractivity contribution in [3.8, 4) is 0 Å². The molecule has 3 aromatic rings. The van der Waals surface area contributed by atoms with Gasteiger partial charge in [0.2, 0.25) is 5.72 Å². The van der Waals surface area contributed by atoms with Crippen LogP contribution >= 0.6 is 0 Å². The molecule has 6 heteroatoms. The minimum absolute atomic E-state index is 0.213. The molecular formula is C27H27N3O3. The first-order valence-corrected chi connectivity index (χ1v) is 11.4. The van der Waals surface area contributed by atoms with Crippen LogP contribution in [0, 0.1) is 0 Å². The van der Waals surface area contributed by atoms with Crippen molar-refractivity contribution in [2.24, 2.45) is 0 Å². The van der Waals surface area contributed by atoms with E-state index in [4.69, 9.17) is 0 Å². The predicted molar refractivity (Wildman–Crippen MR) is 128 cm³/mol. The molecule has 0 bridgehead atoms. The monoisotopic (exact) mass is 441 g/mol. The Kier molecular flexibility index (Phi) is 5.17. The van der Waals surface area contributed by atoms with E-state index in [0.717, 1.165) is 12.0 Å². The van der Waals surface area contributed by atoms with Gasteiger partial charge in [-0.1, -0.05) is 86.5 Å². The number of aliphatic hydroxyl groups is 1. The molecule has 2 aliphatic heterocycles. The molecule has 5 rings (SSSR count). The third kappa shape index (κ3) is 2.98. The zero-order valence-electron chi connectivity index (χ0n) is 18.6. The summed E-state index contributed by atoms with van der Waals surface area (Å²) in [5.41, 5.74) is -0.869. The van der Waals surface area contributed by atoms with Gasteiger partial charge in [0.25, 0.3) is 5.91 Å². The molecule has 1 saturated heterocycles. The number of nitrogens with one attached hydrogen (secondary N) is 1.